The molecule has 0 aromatic heterocycles. The number of carbonyl (C=O) groups excluding carboxylic acids is 2. The van der Waals surface area contributed by atoms with Gasteiger partial charge in [-0.15, -0.1) is 0 Å². The minimum absolute atomic E-state index is 0.0132. The van der Waals surface area contributed by atoms with Crippen LogP contribution in [0.3, 0.4) is 0 Å². The van der Waals surface area contributed by atoms with E-state index in [2.05, 4.69) is 10.1 Å². The Balaban J connectivity index is 1.28. The molecule has 1 fully saturated rings. The second-order valence-electron chi connectivity index (χ2n) is 8.60. The van der Waals surface area contributed by atoms with Gasteiger partial charge in [-0.3, -0.25) is 15.0 Å². The Kier molecular flexibility index (Phi) is 7.20. The molecular formula is C26H24ClN5O3S. The summed E-state index contributed by atoms with van der Waals surface area (Å²) >= 11 is 7.58. The summed E-state index contributed by atoms with van der Waals surface area (Å²) in [6, 6.07) is 14.9. The molecule has 10 heteroatoms. The van der Waals surface area contributed by atoms with Gasteiger partial charge in [-0.1, -0.05) is 48.0 Å². The summed E-state index contributed by atoms with van der Waals surface area (Å²) in [5.74, 6) is -0.0765. The molecule has 0 bridgehead atoms. The Morgan fingerprint density at radius 1 is 1.14 bits per heavy atom. The van der Waals surface area contributed by atoms with Gasteiger partial charge in [0.1, 0.15) is 17.4 Å². The fourth-order valence-electron chi connectivity index (χ4n) is 4.11. The highest BCUT2D eigenvalue weighted by Crippen LogP contribution is 2.31. The molecule has 8 nitrogen and oxygen atoms in total. The van der Waals surface area contributed by atoms with Crippen molar-refractivity contribution in [2.24, 2.45) is 10.1 Å². The molecular weight excluding hydrogens is 498 g/mol. The number of carbonyl (C=O) groups is 2. The second-order valence-corrected chi connectivity index (χ2v) is 10.0. The lowest BCUT2D eigenvalue weighted by atomic mass is 10.1. The van der Waals surface area contributed by atoms with Gasteiger partial charge < -0.3 is 9.64 Å². The van der Waals surface area contributed by atoms with Crippen molar-refractivity contribution in [1.29, 1.82) is 5.41 Å². The van der Waals surface area contributed by atoms with E-state index in [-0.39, 0.29) is 23.7 Å². The van der Waals surface area contributed by atoms with Gasteiger partial charge in [0.05, 0.1) is 17.0 Å². The lowest BCUT2D eigenvalue weighted by Gasteiger charge is -2.26. The number of fused-ring (bicyclic) bond motifs is 1. The van der Waals surface area contributed by atoms with Crippen LogP contribution in [-0.4, -0.2) is 50.9 Å². The highest BCUT2D eigenvalue weighted by Gasteiger charge is 2.36. The molecule has 0 saturated carbocycles. The maximum absolute atomic E-state index is 12.7. The van der Waals surface area contributed by atoms with E-state index in [9.17, 15) is 9.59 Å². The third kappa shape index (κ3) is 5.37. The summed E-state index contributed by atoms with van der Waals surface area (Å²) in [6.45, 7) is 1.91. The van der Waals surface area contributed by atoms with Gasteiger partial charge in [0.25, 0.3) is 5.91 Å². The quantitative estimate of drug-likeness (QED) is 0.543. The van der Waals surface area contributed by atoms with E-state index in [0.29, 0.717) is 33.2 Å². The Morgan fingerprint density at radius 3 is 2.67 bits per heavy atom. The van der Waals surface area contributed by atoms with Crippen molar-refractivity contribution >= 4 is 57.3 Å². The van der Waals surface area contributed by atoms with E-state index in [1.54, 1.807) is 24.3 Å². The third-order valence-corrected chi connectivity index (χ3v) is 7.22. The number of ether oxygens (including phenoxy) is 1. The van der Waals surface area contributed by atoms with Crippen LogP contribution >= 0.6 is 23.4 Å². The molecule has 2 aromatic rings. The molecule has 1 N–H and O–H groups in total. The summed E-state index contributed by atoms with van der Waals surface area (Å²) in [4.78, 5) is 31.3. The van der Waals surface area contributed by atoms with Crippen molar-refractivity contribution in [2.45, 2.75) is 32.3 Å². The van der Waals surface area contributed by atoms with Gasteiger partial charge in [-0.05, 0) is 60.4 Å². The van der Waals surface area contributed by atoms with Crippen LogP contribution in [0.15, 0.2) is 64.2 Å². The van der Waals surface area contributed by atoms with Crippen LogP contribution in [0.4, 0.5) is 0 Å². The van der Waals surface area contributed by atoms with Crippen LogP contribution < -0.4 is 4.74 Å². The monoisotopic (exact) mass is 521 g/mol. The number of amides is 2. The maximum Gasteiger partial charge on any atom is 0.283 e. The summed E-state index contributed by atoms with van der Waals surface area (Å²) < 4.78 is 5.81. The van der Waals surface area contributed by atoms with Crippen molar-refractivity contribution in [3.05, 3.63) is 70.3 Å². The highest BCUT2D eigenvalue weighted by molar-refractivity contribution is 8.27. The summed E-state index contributed by atoms with van der Waals surface area (Å²) in [5.41, 5.74) is 1.76. The molecule has 3 heterocycles. The molecule has 0 unspecified atom stereocenters. The minimum Gasteiger partial charge on any atom is -0.487 e. The smallest absolute Gasteiger partial charge is 0.283 e. The predicted octanol–water partition coefficient (Wildman–Crippen LogP) is 4.94. The average molecular weight is 522 g/mol. The molecule has 1 saturated heterocycles. The minimum atomic E-state index is -0.530. The number of nitrogens with zero attached hydrogens (tertiary/aromatic N) is 4. The van der Waals surface area contributed by atoms with Crippen LogP contribution in [0.25, 0.3) is 6.08 Å². The van der Waals surface area contributed by atoms with Crippen molar-refractivity contribution in [3.8, 4) is 5.75 Å². The fourth-order valence-corrected chi connectivity index (χ4v) is 5.23. The number of benzene rings is 2. The van der Waals surface area contributed by atoms with E-state index in [1.165, 1.54) is 5.01 Å². The first-order chi connectivity index (χ1) is 17.5. The predicted molar refractivity (Wildman–Crippen MR) is 142 cm³/mol. The zero-order chi connectivity index (χ0) is 25.1. The average Bonchev–Trinajstić information content (AvgIpc) is 3.29. The molecule has 3 aliphatic heterocycles. The molecule has 184 valence electrons. The van der Waals surface area contributed by atoms with E-state index < -0.39 is 5.91 Å². The van der Waals surface area contributed by atoms with Crippen LogP contribution in [0.5, 0.6) is 5.75 Å². The van der Waals surface area contributed by atoms with E-state index in [4.69, 9.17) is 21.7 Å². The Morgan fingerprint density at radius 2 is 1.92 bits per heavy atom. The Labute approximate surface area is 218 Å². The molecule has 0 aliphatic carbocycles. The third-order valence-electron chi connectivity index (χ3n) is 6.01. The van der Waals surface area contributed by atoms with Crippen molar-refractivity contribution in [2.75, 3.05) is 13.1 Å². The van der Waals surface area contributed by atoms with Gasteiger partial charge >= 0.3 is 0 Å². The topological polar surface area (TPSA) is 98.4 Å². The molecule has 3 aliphatic rings. The number of piperidine rings is 1. The van der Waals surface area contributed by atoms with Crippen LogP contribution in [0.1, 0.15) is 36.8 Å². The molecule has 0 radical (unpaired) electrons. The molecule has 0 spiro atoms. The standard InChI is InChI=1S/C26H24ClN5O3S/c27-20-14-18(9-10-21(20)35-16-17-7-3-1-4-8-17)13-19-24(28)32-26(29-25(19)34)36-22(30-32)15-23(33)31-11-5-2-6-12-31/h1,3-4,7-10,13-14,28H,2,5-6,11-12,15-16H2. The summed E-state index contributed by atoms with van der Waals surface area (Å²) in [7, 11) is 0. The molecule has 2 aromatic carbocycles. The van der Waals surface area contributed by atoms with Crippen LogP contribution in [-0.2, 0) is 16.2 Å². The van der Waals surface area contributed by atoms with Crippen LogP contribution in [0.2, 0.25) is 5.02 Å². The van der Waals surface area contributed by atoms with Crippen molar-refractivity contribution in [3.63, 3.8) is 0 Å². The lowest BCUT2D eigenvalue weighted by molar-refractivity contribution is -0.130. The van der Waals surface area contributed by atoms with E-state index >= 15 is 0 Å². The fraction of sp³-hybridized carbons (Fsp3) is 0.269. The van der Waals surface area contributed by atoms with Crippen molar-refractivity contribution < 1.29 is 14.3 Å². The number of aliphatic imine (C=N–C) groups is 1. The molecule has 2 amide bonds. The van der Waals surface area contributed by atoms with E-state index in [0.717, 1.165) is 49.7 Å². The number of nitrogens with one attached hydrogen (secondary N) is 1. The van der Waals surface area contributed by atoms with Gasteiger partial charge in [0, 0.05) is 13.1 Å². The van der Waals surface area contributed by atoms with E-state index in [1.807, 2.05) is 35.2 Å². The normalized spacial score (nSPS) is 18.8. The largest absolute Gasteiger partial charge is 0.487 e. The number of hydrazone groups is 1. The summed E-state index contributed by atoms with van der Waals surface area (Å²) in [5, 5.41) is 15.5. The number of rotatable bonds is 6. The number of likely N-dealkylation sites (tertiary alicyclic amines) is 1. The van der Waals surface area contributed by atoms with Gasteiger partial charge in [0.2, 0.25) is 11.1 Å². The maximum atomic E-state index is 12.7. The highest BCUT2D eigenvalue weighted by atomic mass is 35.5. The SMILES string of the molecule is N=C1C(=Cc2ccc(OCc3ccccc3)c(Cl)c2)C(=O)N=C2SC(CC(=O)N3CCCCC3)=NN12. The second kappa shape index (κ2) is 10.7. The first-order valence-corrected chi connectivity index (χ1v) is 12.9. The summed E-state index contributed by atoms with van der Waals surface area (Å²) in [6.07, 6.45) is 4.88. The van der Waals surface area contributed by atoms with Crippen LogP contribution in [0, 0.1) is 5.41 Å². The van der Waals surface area contributed by atoms with Gasteiger partial charge in [-0.2, -0.15) is 15.1 Å². The number of amidine groups is 2. The van der Waals surface area contributed by atoms with Crippen molar-refractivity contribution in [1.82, 2.24) is 9.91 Å². The zero-order valence-electron chi connectivity index (χ0n) is 19.4. The zero-order valence-corrected chi connectivity index (χ0v) is 21.0. The number of hydrogen-bond donors (Lipinski definition) is 1. The van der Waals surface area contributed by atoms with Gasteiger partial charge in [-0.25, -0.2) is 0 Å². The molecule has 5 rings (SSSR count). The lowest BCUT2D eigenvalue weighted by Crippen LogP contribution is -2.36. The number of halogens is 1. The molecule has 0 atom stereocenters. The first-order valence-electron chi connectivity index (χ1n) is 11.7. The Bertz CT molecular complexity index is 1300. The molecule has 36 heavy (non-hydrogen) atoms. The number of hydrogen-bond acceptors (Lipinski definition) is 6. The number of thioether (sulfide) groups is 1. The first kappa shape index (κ1) is 24.3. The Hall–Kier alpha value is -3.43. The van der Waals surface area contributed by atoms with Gasteiger partial charge in [0.15, 0.2) is 5.84 Å².